The number of alkyl halides is 1. The minimum Gasteiger partial charge on any atom is -0.388 e. The third kappa shape index (κ3) is 2.10. The van der Waals surface area contributed by atoms with Crippen molar-refractivity contribution in [1.82, 2.24) is 0 Å². The summed E-state index contributed by atoms with van der Waals surface area (Å²) in [5.74, 6) is -0.562. The zero-order valence-electron chi connectivity index (χ0n) is 10.4. The van der Waals surface area contributed by atoms with Crippen LogP contribution < -0.4 is 0 Å². The number of epoxide rings is 1. The number of carbonyl (C=O) groups is 1. The second-order valence-corrected chi connectivity index (χ2v) is 6.10. The van der Waals surface area contributed by atoms with Crippen LogP contribution in [0.5, 0.6) is 0 Å². The third-order valence-corrected chi connectivity index (χ3v) is 4.13. The molecule has 1 saturated heterocycles. The van der Waals surface area contributed by atoms with Crippen molar-refractivity contribution >= 4 is 17.4 Å². The minimum atomic E-state index is -1.79. The second-order valence-electron chi connectivity index (χ2n) is 5.63. The van der Waals surface area contributed by atoms with E-state index in [1.165, 1.54) is 13.0 Å². The Morgan fingerprint density at radius 2 is 2.06 bits per heavy atom. The first-order valence-corrected chi connectivity index (χ1v) is 6.18. The van der Waals surface area contributed by atoms with Gasteiger partial charge in [0.05, 0.1) is 17.1 Å². The number of aliphatic hydroxyl groups is 3. The summed E-state index contributed by atoms with van der Waals surface area (Å²) in [6.07, 6.45) is -1.00. The summed E-state index contributed by atoms with van der Waals surface area (Å²) in [6, 6.07) is 0. The summed E-state index contributed by atoms with van der Waals surface area (Å²) in [6.45, 7) is 4.44. The quantitative estimate of drug-likeness (QED) is 0.478. The number of rotatable bonds is 2. The number of hydrogen-bond donors (Lipinski definition) is 3. The highest BCUT2D eigenvalue weighted by molar-refractivity contribution is 6.25. The van der Waals surface area contributed by atoms with Gasteiger partial charge in [-0.15, -0.1) is 11.6 Å². The van der Waals surface area contributed by atoms with Crippen LogP contribution in [0.4, 0.5) is 0 Å². The molecule has 0 bridgehead atoms. The molecule has 1 aliphatic heterocycles. The van der Waals surface area contributed by atoms with E-state index >= 15 is 0 Å². The standard InChI is InChI=1S/C12H17ClO5/c1-11(2,16)10-8(18-10)5-4-6(14)12(3,17)9(13)7(5)15/h4,7-10,15-17H,1-3H3. The summed E-state index contributed by atoms with van der Waals surface area (Å²) in [5.41, 5.74) is -2.53. The largest absolute Gasteiger partial charge is 0.388 e. The van der Waals surface area contributed by atoms with Gasteiger partial charge in [0, 0.05) is 0 Å². The third-order valence-electron chi connectivity index (χ3n) is 3.47. The summed E-state index contributed by atoms with van der Waals surface area (Å²) in [7, 11) is 0. The Hall–Kier alpha value is -0.460. The normalized spacial score (nSPS) is 44.8. The maximum Gasteiger partial charge on any atom is 0.188 e. The SMILES string of the molecule is CC(C)(O)C1OC1C1=CC(=O)C(C)(O)C(Cl)C1O. The van der Waals surface area contributed by atoms with Crippen LogP contribution >= 0.6 is 11.6 Å². The van der Waals surface area contributed by atoms with Crippen LogP contribution in [0.1, 0.15) is 20.8 Å². The number of carbonyl (C=O) groups excluding carboxylic acids is 1. The number of ketones is 1. The van der Waals surface area contributed by atoms with Crippen molar-refractivity contribution in [3.05, 3.63) is 11.6 Å². The fourth-order valence-corrected chi connectivity index (χ4v) is 2.40. The Morgan fingerprint density at radius 1 is 1.50 bits per heavy atom. The Labute approximate surface area is 110 Å². The van der Waals surface area contributed by atoms with Crippen molar-refractivity contribution < 1.29 is 24.9 Å². The van der Waals surface area contributed by atoms with Crippen molar-refractivity contribution in [3.8, 4) is 0 Å². The van der Waals surface area contributed by atoms with E-state index in [9.17, 15) is 20.1 Å². The van der Waals surface area contributed by atoms with Gasteiger partial charge in [-0.2, -0.15) is 0 Å². The fourth-order valence-electron chi connectivity index (χ4n) is 2.15. The monoisotopic (exact) mass is 276 g/mol. The molecule has 1 fully saturated rings. The smallest absolute Gasteiger partial charge is 0.188 e. The highest BCUT2D eigenvalue weighted by Gasteiger charge is 2.56. The van der Waals surface area contributed by atoms with E-state index in [2.05, 4.69) is 0 Å². The number of ether oxygens (including phenoxy) is 1. The predicted octanol–water partition coefficient (Wildman–Crippen LogP) is -0.247. The van der Waals surface area contributed by atoms with Crippen LogP contribution in [0.2, 0.25) is 0 Å². The van der Waals surface area contributed by atoms with Crippen LogP contribution in [0.15, 0.2) is 11.6 Å². The Balaban J connectivity index is 2.24. The van der Waals surface area contributed by atoms with E-state index < -0.39 is 40.7 Å². The Bertz CT molecular complexity index is 409. The van der Waals surface area contributed by atoms with Gasteiger partial charge >= 0.3 is 0 Å². The minimum absolute atomic E-state index is 0.318. The molecule has 5 unspecified atom stereocenters. The molecule has 102 valence electrons. The van der Waals surface area contributed by atoms with Crippen LogP contribution in [0.3, 0.4) is 0 Å². The van der Waals surface area contributed by atoms with E-state index in [1.807, 2.05) is 0 Å². The maximum atomic E-state index is 11.7. The zero-order chi connectivity index (χ0) is 13.9. The van der Waals surface area contributed by atoms with Crippen molar-refractivity contribution in [1.29, 1.82) is 0 Å². The molecule has 0 radical (unpaired) electrons. The average Bonchev–Trinajstić information content (AvgIpc) is 3.00. The van der Waals surface area contributed by atoms with Gasteiger partial charge in [-0.1, -0.05) is 0 Å². The average molecular weight is 277 g/mol. The first-order chi connectivity index (χ1) is 8.06. The first-order valence-electron chi connectivity index (χ1n) is 5.75. The van der Waals surface area contributed by atoms with Crippen LogP contribution in [0, 0.1) is 0 Å². The molecule has 5 nitrogen and oxygen atoms in total. The molecular weight excluding hydrogens is 260 g/mol. The van der Waals surface area contributed by atoms with Crippen molar-refractivity contribution in [2.75, 3.05) is 0 Å². The van der Waals surface area contributed by atoms with Gasteiger partial charge < -0.3 is 20.1 Å². The Kier molecular flexibility index (Phi) is 3.11. The molecule has 2 aliphatic rings. The van der Waals surface area contributed by atoms with Crippen LogP contribution in [0.25, 0.3) is 0 Å². The fraction of sp³-hybridized carbons (Fsp3) is 0.750. The molecule has 18 heavy (non-hydrogen) atoms. The second kappa shape index (κ2) is 4.02. The lowest BCUT2D eigenvalue weighted by Crippen LogP contribution is -2.53. The van der Waals surface area contributed by atoms with E-state index in [-0.39, 0.29) is 0 Å². The van der Waals surface area contributed by atoms with E-state index in [1.54, 1.807) is 13.8 Å². The predicted molar refractivity (Wildman–Crippen MR) is 64.3 cm³/mol. The molecular formula is C12H17ClO5. The van der Waals surface area contributed by atoms with Crippen LogP contribution in [-0.4, -0.2) is 56.0 Å². The molecule has 6 heteroatoms. The summed E-state index contributed by atoms with van der Waals surface area (Å²) in [4.78, 5) is 11.7. The number of hydrogen-bond acceptors (Lipinski definition) is 5. The summed E-state index contributed by atoms with van der Waals surface area (Å²) < 4.78 is 5.29. The molecule has 0 saturated carbocycles. The molecule has 0 amide bonds. The van der Waals surface area contributed by atoms with Gasteiger partial charge in [-0.25, -0.2) is 0 Å². The first kappa shape index (κ1) is 14.0. The molecule has 2 rings (SSSR count). The Morgan fingerprint density at radius 3 is 2.50 bits per heavy atom. The molecule has 0 aromatic heterocycles. The van der Waals surface area contributed by atoms with Gasteiger partial charge in [-0.05, 0) is 32.4 Å². The molecule has 3 N–H and O–H groups in total. The molecule has 1 aliphatic carbocycles. The van der Waals surface area contributed by atoms with Crippen molar-refractivity contribution in [2.24, 2.45) is 0 Å². The lowest BCUT2D eigenvalue weighted by molar-refractivity contribution is -0.133. The van der Waals surface area contributed by atoms with Crippen molar-refractivity contribution in [2.45, 2.75) is 55.7 Å². The topological polar surface area (TPSA) is 90.3 Å². The van der Waals surface area contributed by atoms with Crippen LogP contribution in [-0.2, 0) is 9.53 Å². The van der Waals surface area contributed by atoms with E-state index in [0.717, 1.165) is 0 Å². The number of aliphatic hydroxyl groups excluding tert-OH is 1. The highest BCUT2D eigenvalue weighted by atomic mass is 35.5. The van der Waals surface area contributed by atoms with E-state index in [0.29, 0.717) is 5.57 Å². The molecule has 0 spiro atoms. The molecule has 1 heterocycles. The summed E-state index contributed by atoms with van der Waals surface area (Å²) in [5, 5.41) is 28.5. The molecule has 5 atom stereocenters. The lowest BCUT2D eigenvalue weighted by atomic mass is 9.81. The lowest BCUT2D eigenvalue weighted by Gasteiger charge is -2.34. The highest BCUT2D eigenvalue weighted by Crippen LogP contribution is 2.42. The molecule has 0 aromatic rings. The number of halogens is 1. The van der Waals surface area contributed by atoms with E-state index in [4.69, 9.17) is 16.3 Å². The van der Waals surface area contributed by atoms with Gasteiger partial charge in [0.1, 0.15) is 17.8 Å². The van der Waals surface area contributed by atoms with Gasteiger partial charge in [-0.3, -0.25) is 4.79 Å². The maximum absolute atomic E-state index is 11.7. The molecule has 0 aromatic carbocycles. The van der Waals surface area contributed by atoms with Gasteiger partial charge in [0.25, 0.3) is 0 Å². The van der Waals surface area contributed by atoms with Gasteiger partial charge in [0.15, 0.2) is 5.78 Å². The zero-order valence-corrected chi connectivity index (χ0v) is 11.2. The van der Waals surface area contributed by atoms with Gasteiger partial charge in [0.2, 0.25) is 0 Å². The summed E-state index contributed by atoms with van der Waals surface area (Å²) >= 11 is 5.90. The van der Waals surface area contributed by atoms with Crippen molar-refractivity contribution in [3.63, 3.8) is 0 Å².